The highest BCUT2D eigenvalue weighted by Crippen LogP contribution is 2.37. The van der Waals surface area contributed by atoms with E-state index < -0.39 is 15.8 Å². The van der Waals surface area contributed by atoms with Gasteiger partial charge in [-0.05, 0) is 66.4 Å². The number of nitrogens with zero attached hydrogens (tertiary/aromatic N) is 2. The zero-order valence-corrected chi connectivity index (χ0v) is 28.2. The summed E-state index contributed by atoms with van der Waals surface area (Å²) in [5.41, 5.74) is 4.03. The second kappa shape index (κ2) is 15.6. The van der Waals surface area contributed by atoms with Gasteiger partial charge in [-0.2, -0.15) is 0 Å². The molecule has 0 saturated carbocycles. The summed E-state index contributed by atoms with van der Waals surface area (Å²) in [6, 6.07) is 68.5. The fraction of sp³-hybridized carbons (Fsp3) is 0. The maximum atomic E-state index is 5.06. The lowest BCUT2D eigenvalue weighted by Crippen LogP contribution is -2.20. The van der Waals surface area contributed by atoms with Crippen LogP contribution in [-0.4, -0.2) is 12.4 Å². The molecule has 0 fully saturated rings. The summed E-state index contributed by atoms with van der Waals surface area (Å²) in [5.74, 6) is 0. The molecular formula is C44H34N2P2. The SMILES string of the molecule is C(=Nc1ccccc1P(c1ccccc1)c1ccccc1)c1cccc(C=Nc2ccccc2P(c2ccccc2)c2ccccc2)c1. The molecule has 0 aliphatic carbocycles. The van der Waals surface area contributed by atoms with Gasteiger partial charge in [0.2, 0.25) is 0 Å². The Bertz CT molecular complexity index is 1900. The molecule has 7 aromatic carbocycles. The van der Waals surface area contributed by atoms with Gasteiger partial charge in [-0.15, -0.1) is 0 Å². The molecule has 0 bridgehead atoms. The molecular weight excluding hydrogens is 618 g/mol. The molecule has 2 nitrogen and oxygen atoms in total. The van der Waals surface area contributed by atoms with Crippen molar-refractivity contribution >= 4 is 71.5 Å². The maximum absolute atomic E-state index is 5.06. The van der Waals surface area contributed by atoms with Gasteiger partial charge in [0.25, 0.3) is 0 Å². The normalized spacial score (nSPS) is 11.5. The van der Waals surface area contributed by atoms with Crippen LogP contribution in [0.15, 0.2) is 204 Å². The van der Waals surface area contributed by atoms with Crippen molar-refractivity contribution in [1.29, 1.82) is 0 Å². The van der Waals surface area contributed by atoms with Crippen molar-refractivity contribution in [3.8, 4) is 0 Å². The van der Waals surface area contributed by atoms with E-state index in [2.05, 4.69) is 194 Å². The molecule has 0 amide bonds. The predicted octanol–water partition coefficient (Wildman–Crippen LogP) is 8.70. The van der Waals surface area contributed by atoms with E-state index in [0.717, 1.165) is 22.5 Å². The van der Waals surface area contributed by atoms with Crippen molar-refractivity contribution in [1.82, 2.24) is 0 Å². The first kappa shape index (κ1) is 31.3. The van der Waals surface area contributed by atoms with Crippen molar-refractivity contribution in [3.05, 3.63) is 205 Å². The van der Waals surface area contributed by atoms with Gasteiger partial charge in [0.1, 0.15) is 0 Å². The van der Waals surface area contributed by atoms with Crippen LogP contribution >= 0.6 is 15.8 Å². The number of hydrogen-bond acceptors (Lipinski definition) is 2. The summed E-state index contributed by atoms with van der Waals surface area (Å²) in [4.78, 5) is 10.1. The highest BCUT2D eigenvalue weighted by atomic mass is 31.1. The minimum Gasteiger partial charge on any atom is -0.256 e. The van der Waals surface area contributed by atoms with Crippen molar-refractivity contribution in [2.75, 3.05) is 0 Å². The van der Waals surface area contributed by atoms with Crippen LogP contribution in [0.3, 0.4) is 0 Å². The van der Waals surface area contributed by atoms with Gasteiger partial charge in [-0.3, -0.25) is 9.98 Å². The highest BCUT2D eigenvalue weighted by molar-refractivity contribution is 7.80. The molecule has 48 heavy (non-hydrogen) atoms. The first-order valence-electron chi connectivity index (χ1n) is 16.0. The summed E-state index contributed by atoms with van der Waals surface area (Å²) in [5, 5.41) is 7.71. The second-order valence-electron chi connectivity index (χ2n) is 11.2. The predicted molar refractivity (Wildman–Crippen MR) is 211 cm³/mol. The van der Waals surface area contributed by atoms with E-state index in [1.54, 1.807) is 0 Å². The summed E-state index contributed by atoms with van der Waals surface area (Å²) >= 11 is 0. The van der Waals surface area contributed by atoms with Crippen molar-refractivity contribution in [3.63, 3.8) is 0 Å². The Kier molecular flexibility index (Phi) is 10.2. The third-order valence-electron chi connectivity index (χ3n) is 7.92. The Labute approximate surface area is 285 Å². The molecule has 0 atom stereocenters. The van der Waals surface area contributed by atoms with Gasteiger partial charge in [-0.25, -0.2) is 0 Å². The topological polar surface area (TPSA) is 24.7 Å². The fourth-order valence-corrected chi connectivity index (χ4v) is 10.5. The van der Waals surface area contributed by atoms with E-state index in [1.807, 2.05) is 12.4 Å². The Morgan fingerprint density at radius 3 is 0.979 bits per heavy atom. The van der Waals surface area contributed by atoms with Crippen LogP contribution < -0.4 is 31.8 Å². The van der Waals surface area contributed by atoms with Gasteiger partial charge in [-0.1, -0.05) is 176 Å². The number of rotatable bonds is 10. The van der Waals surface area contributed by atoms with Crippen LogP contribution in [0, 0.1) is 0 Å². The monoisotopic (exact) mass is 652 g/mol. The average molecular weight is 653 g/mol. The summed E-state index contributed by atoms with van der Waals surface area (Å²) < 4.78 is 0. The number of aliphatic imine (C=N–C) groups is 2. The molecule has 0 unspecified atom stereocenters. The van der Waals surface area contributed by atoms with Gasteiger partial charge in [0, 0.05) is 23.0 Å². The Hall–Kier alpha value is -5.26. The molecule has 0 N–H and O–H groups in total. The molecule has 230 valence electrons. The summed E-state index contributed by atoms with van der Waals surface area (Å²) in [7, 11) is -1.52. The van der Waals surface area contributed by atoms with E-state index in [0.29, 0.717) is 0 Å². The molecule has 7 rings (SSSR count). The average Bonchev–Trinajstić information content (AvgIpc) is 3.16. The lowest BCUT2D eigenvalue weighted by atomic mass is 10.1. The lowest BCUT2D eigenvalue weighted by Gasteiger charge is -2.20. The molecule has 0 aliphatic rings. The molecule has 0 aromatic heterocycles. The zero-order valence-electron chi connectivity index (χ0n) is 26.4. The van der Waals surface area contributed by atoms with Crippen LogP contribution in [-0.2, 0) is 0 Å². The largest absolute Gasteiger partial charge is 0.256 e. The van der Waals surface area contributed by atoms with Crippen molar-refractivity contribution < 1.29 is 0 Å². The van der Waals surface area contributed by atoms with Crippen LogP contribution in [0.1, 0.15) is 11.1 Å². The van der Waals surface area contributed by atoms with Crippen molar-refractivity contribution in [2.24, 2.45) is 9.98 Å². The smallest absolute Gasteiger partial charge is 0.0713 e. The molecule has 0 heterocycles. The van der Waals surface area contributed by atoms with Crippen LogP contribution in [0.2, 0.25) is 0 Å². The van der Waals surface area contributed by atoms with Gasteiger partial charge in [0.05, 0.1) is 11.4 Å². The van der Waals surface area contributed by atoms with Crippen molar-refractivity contribution in [2.45, 2.75) is 0 Å². The van der Waals surface area contributed by atoms with E-state index in [4.69, 9.17) is 9.98 Å². The Balaban J connectivity index is 1.19. The maximum Gasteiger partial charge on any atom is 0.0713 e. The second-order valence-corrected chi connectivity index (χ2v) is 15.5. The number of benzene rings is 7. The molecule has 0 radical (unpaired) electrons. The minimum atomic E-state index is -0.761. The highest BCUT2D eigenvalue weighted by Gasteiger charge is 2.20. The quantitative estimate of drug-likeness (QED) is 0.104. The first-order valence-corrected chi connectivity index (χ1v) is 18.7. The minimum absolute atomic E-state index is 0.761. The van der Waals surface area contributed by atoms with E-state index in [1.165, 1.54) is 31.8 Å². The number of para-hydroxylation sites is 2. The standard InChI is InChI=1S/C44H34N2P2/c1-5-20-37(21-6-1)47(38-22-7-2-8-23-38)43-30-15-13-28-41(43)45-33-35-18-17-19-36(32-35)34-46-42-29-14-16-31-44(42)48(39-24-9-3-10-25-39)40-26-11-4-12-27-40/h1-34H. The van der Waals surface area contributed by atoms with Gasteiger partial charge < -0.3 is 0 Å². The fourth-order valence-electron chi connectivity index (χ4n) is 5.70. The summed E-state index contributed by atoms with van der Waals surface area (Å²) in [6.45, 7) is 0. The van der Waals surface area contributed by atoms with E-state index in [-0.39, 0.29) is 0 Å². The third kappa shape index (κ3) is 7.48. The van der Waals surface area contributed by atoms with E-state index >= 15 is 0 Å². The third-order valence-corrected chi connectivity index (χ3v) is 12.9. The lowest BCUT2D eigenvalue weighted by molar-refractivity contribution is 1.53. The van der Waals surface area contributed by atoms with Gasteiger partial charge >= 0.3 is 0 Å². The Morgan fingerprint density at radius 1 is 0.312 bits per heavy atom. The zero-order chi connectivity index (χ0) is 32.4. The molecule has 0 aliphatic heterocycles. The molecule has 7 aromatic rings. The molecule has 0 saturated heterocycles. The first-order chi connectivity index (χ1) is 23.8. The van der Waals surface area contributed by atoms with Crippen LogP contribution in [0.5, 0.6) is 0 Å². The van der Waals surface area contributed by atoms with Crippen LogP contribution in [0.4, 0.5) is 11.4 Å². The summed E-state index contributed by atoms with van der Waals surface area (Å²) in [6.07, 6.45) is 3.94. The molecule has 4 heteroatoms. The van der Waals surface area contributed by atoms with Crippen LogP contribution in [0.25, 0.3) is 0 Å². The number of hydrogen-bond donors (Lipinski definition) is 0. The van der Waals surface area contributed by atoms with E-state index in [9.17, 15) is 0 Å². The van der Waals surface area contributed by atoms with Gasteiger partial charge in [0.15, 0.2) is 0 Å². The molecule has 0 spiro atoms. The Morgan fingerprint density at radius 2 is 0.625 bits per heavy atom.